The Hall–Kier alpha value is -6.08. The molecule has 6 heteroatoms. The van der Waals surface area contributed by atoms with E-state index in [0.29, 0.717) is 0 Å². The van der Waals surface area contributed by atoms with E-state index in [1.807, 2.05) is 36.4 Å². The molecule has 8 aromatic carbocycles. The van der Waals surface area contributed by atoms with Gasteiger partial charge in [-0.3, -0.25) is 0 Å². The molecule has 0 saturated heterocycles. The van der Waals surface area contributed by atoms with E-state index in [4.69, 9.17) is 21.4 Å². The number of anilines is 2. The van der Waals surface area contributed by atoms with Gasteiger partial charge in [-0.2, -0.15) is 0 Å². The number of nitrogens with zero attached hydrogens (tertiary/aromatic N) is 2. The highest BCUT2D eigenvalue weighted by atomic mass is 32.1. The largest absolute Gasteiger partial charge is 0.399 e. The summed E-state index contributed by atoms with van der Waals surface area (Å²) in [5.41, 5.74) is 22.6. The van der Waals surface area contributed by atoms with Crippen LogP contribution in [-0.4, -0.2) is 9.97 Å². The first-order valence-corrected chi connectivity index (χ1v) is 18.1. The van der Waals surface area contributed by atoms with E-state index in [-0.39, 0.29) is 0 Å². The van der Waals surface area contributed by atoms with Gasteiger partial charge in [0.1, 0.15) is 10.0 Å². The molecule has 0 aliphatic rings. The highest BCUT2D eigenvalue weighted by Crippen LogP contribution is 2.46. The summed E-state index contributed by atoms with van der Waals surface area (Å²) in [7, 11) is 0. The lowest BCUT2D eigenvalue weighted by Crippen LogP contribution is -1.92. The van der Waals surface area contributed by atoms with Crippen molar-refractivity contribution in [2.45, 2.75) is 0 Å². The summed E-state index contributed by atoms with van der Waals surface area (Å²) in [6.45, 7) is 0. The fraction of sp³-hybridized carbons (Fsp3) is 0. The fourth-order valence-corrected chi connectivity index (χ4v) is 9.21. The smallest absolute Gasteiger partial charge is 0.124 e. The van der Waals surface area contributed by atoms with E-state index in [0.717, 1.165) is 53.0 Å². The average Bonchev–Trinajstić information content (AvgIpc) is 3.77. The predicted molar refractivity (Wildman–Crippen MR) is 216 cm³/mol. The van der Waals surface area contributed by atoms with Crippen LogP contribution in [0.4, 0.5) is 11.4 Å². The van der Waals surface area contributed by atoms with Crippen molar-refractivity contribution in [3.8, 4) is 43.4 Å². The molecule has 0 aliphatic heterocycles. The zero-order chi connectivity index (χ0) is 33.3. The monoisotopic (exact) mass is 676 g/mol. The van der Waals surface area contributed by atoms with E-state index in [1.54, 1.807) is 22.7 Å². The van der Waals surface area contributed by atoms with Crippen molar-refractivity contribution < 1.29 is 0 Å². The SMILES string of the molecule is Nc1ccc2nc(-c3ccc(-c4c5ccccc5c(-c5ccc(-c6nc7ccc(N)cc7s6)cc5)c5cc6ccccc6cc45)cc3)sc2c1. The molecule has 0 fully saturated rings. The van der Waals surface area contributed by atoms with Gasteiger partial charge in [0.05, 0.1) is 20.4 Å². The van der Waals surface area contributed by atoms with Crippen LogP contribution in [0.3, 0.4) is 0 Å². The lowest BCUT2D eigenvalue weighted by atomic mass is 9.84. The van der Waals surface area contributed by atoms with Crippen LogP contribution in [0.15, 0.2) is 146 Å². The minimum atomic E-state index is 0.757. The van der Waals surface area contributed by atoms with Gasteiger partial charge in [0, 0.05) is 22.5 Å². The van der Waals surface area contributed by atoms with Crippen LogP contribution in [0.5, 0.6) is 0 Å². The van der Waals surface area contributed by atoms with Crippen molar-refractivity contribution in [3.05, 3.63) is 146 Å². The maximum Gasteiger partial charge on any atom is 0.124 e. The van der Waals surface area contributed by atoms with Gasteiger partial charge >= 0.3 is 0 Å². The Balaban J connectivity index is 1.16. The van der Waals surface area contributed by atoms with E-state index in [9.17, 15) is 0 Å². The van der Waals surface area contributed by atoms with Gasteiger partial charge in [0.15, 0.2) is 0 Å². The molecule has 0 bridgehead atoms. The number of hydrogen-bond donors (Lipinski definition) is 2. The maximum absolute atomic E-state index is 6.05. The molecule has 0 saturated carbocycles. The fourth-order valence-electron chi connectivity index (χ4n) is 7.17. The summed E-state index contributed by atoms with van der Waals surface area (Å²) in [6, 6.07) is 51.7. The van der Waals surface area contributed by atoms with Gasteiger partial charge in [-0.1, -0.05) is 97.1 Å². The molecule has 0 atom stereocenters. The first-order chi connectivity index (χ1) is 24.6. The second-order valence-corrected chi connectivity index (χ2v) is 14.7. The third-order valence-electron chi connectivity index (χ3n) is 9.56. The summed E-state index contributed by atoms with van der Waals surface area (Å²) in [4.78, 5) is 9.80. The molecule has 4 N–H and O–H groups in total. The summed E-state index contributed by atoms with van der Waals surface area (Å²) in [6.07, 6.45) is 0. The van der Waals surface area contributed by atoms with Crippen LogP contribution in [-0.2, 0) is 0 Å². The molecule has 0 radical (unpaired) electrons. The van der Waals surface area contributed by atoms with Gasteiger partial charge in [0.2, 0.25) is 0 Å². The van der Waals surface area contributed by atoms with Crippen LogP contribution < -0.4 is 11.5 Å². The Morgan fingerprint density at radius 3 is 1.22 bits per heavy atom. The Bertz CT molecular complexity index is 2740. The molecule has 2 heterocycles. The first-order valence-electron chi connectivity index (χ1n) is 16.5. The minimum Gasteiger partial charge on any atom is -0.399 e. The Morgan fingerprint density at radius 1 is 0.380 bits per heavy atom. The molecule has 50 heavy (non-hydrogen) atoms. The van der Waals surface area contributed by atoms with E-state index in [1.165, 1.54) is 54.6 Å². The van der Waals surface area contributed by atoms with Crippen molar-refractivity contribution in [2.75, 3.05) is 11.5 Å². The third kappa shape index (κ3) is 4.72. The van der Waals surface area contributed by atoms with Gasteiger partial charge in [-0.15, -0.1) is 22.7 Å². The summed E-state index contributed by atoms with van der Waals surface area (Å²) in [5.74, 6) is 0. The first kappa shape index (κ1) is 28.9. The van der Waals surface area contributed by atoms with Crippen molar-refractivity contribution in [1.29, 1.82) is 0 Å². The molecular formula is C44H28N4S2. The number of thiazole rings is 2. The van der Waals surface area contributed by atoms with Gasteiger partial charge in [0.25, 0.3) is 0 Å². The second-order valence-electron chi connectivity index (χ2n) is 12.7. The Labute approximate surface area is 295 Å². The van der Waals surface area contributed by atoms with Gasteiger partial charge < -0.3 is 11.5 Å². The van der Waals surface area contributed by atoms with E-state index >= 15 is 0 Å². The highest BCUT2D eigenvalue weighted by molar-refractivity contribution is 7.22. The minimum absolute atomic E-state index is 0.757. The topological polar surface area (TPSA) is 77.8 Å². The number of nitrogens with two attached hydrogens (primary N) is 2. The van der Waals surface area contributed by atoms with Crippen LogP contribution in [0.25, 0.3) is 96.1 Å². The molecule has 4 nitrogen and oxygen atoms in total. The predicted octanol–water partition coefficient (Wildman–Crippen LogP) is 12.2. The number of nitrogen functional groups attached to an aromatic ring is 2. The summed E-state index contributed by atoms with van der Waals surface area (Å²) < 4.78 is 2.20. The van der Waals surface area contributed by atoms with Gasteiger partial charge in [-0.25, -0.2) is 9.97 Å². The zero-order valence-electron chi connectivity index (χ0n) is 26.7. The lowest BCUT2D eigenvalue weighted by Gasteiger charge is -2.19. The molecule has 236 valence electrons. The second kappa shape index (κ2) is 11.2. The number of rotatable bonds is 4. The molecule has 0 amide bonds. The number of hydrogen-bond acceptors (Lipinski definition) is 6. The zero-order valence-corrected chi connectivity index (χ0v) is 28.4. The summed E-state index contributed by atoms with van der Waals surface area (Å²) in [5, 5.41) is 9.34. The molecular weight excluding hydrogens is 649 g/mol. The normalized spacial score (nSPS) is 11.8. The highest BCUT2D eigenvalue weighted by Gasteiger charge is 2.18. The third-order valence-corrected chi connectivity index (χ3v) is 11.7. The van der Waals surface area contributed by atoms with Crippen molar-refractivity contribution in [3.63, 3.8) is 0 Å². The van der Waals surface area contributed by atoms with Crippen LogP contribution in [0, 0.1) is 0 Å². The molecule has 10 rings (SSSR count). The number of benzene rings is 8. The quantitative estimate of drug-likeness (QED) is 0.144. The maximum atomic E-state index is 6.05. The molecule has 0 aliphatic carbocycles. The van der Waals surface area contributed by atoms with Crippen molar-refractivity contribution >= 4 is 86.8 Å². The average molecular weight is 677 g/mol. The van der Waals surface area contributed by atoms with Crippen molar-refractivity contribution in [2.24, 2.45) is 0 Å². The van der Waals surface area contributed by atoms with Crippen molar-refractivity contribution in [1.82, 2.24) is 9.97 Å². The Kier molecular flexibility index (Phi) is 6.49. The van der Waals surface area contributed by atoms with Gasteiger partial charge in [-0.05, 0) is 103 Å². The van der Waals surface area contributed by atoms with E-state index in [2.05, 4.69) is 109 Å². The molecule has 0 unspecified atom stereocenters. The van der Waals surface area contributed by atoms with Crippen LogP contribution in [0.2, 0.25) is 0 Å². The molecule has 0 spiro atoms. The number of aromatic nitrogens is 2. The van der Waals surface area contributed by atoms with Crippen LogP contribution in [0.1, 0.15) is 0 Å². The Morgan fingerprint density at radius 2 is 0.780 bits per heavy atom. The molecule has 10 aromatic rings. The number of fused-ring (bicyclic) bond motifs is 5. The standard InChI is InChI=1S/C44H28N4S2/c45-31-17-19-37-39(23-31)49-43(47-37)27-13-9-25(10-14-27)41-33-7-3-4-8-34(33)42(36-22-30-6-2-1-5-29(30)21-35(36)41)26-11-15-28(16-12-26)44-48-38-20-18-32(46)24-40(38)50-44/h1-24H,45-46H2. The van der Waals surface area contributed by atoms with Crippen LogP contribution >= 0.6 is 22.7 Å². The van der Waals surface area contributed by atoms with E-state index < -0.39 is 0 Å². The summed E-state index contributed by atoms with van der Waals surface area (Å²) >= 11 is 3.35. The lowest BCUT2D eigenvalue weighted by molar-refractivity contribution is 1.48. The molecule has 2 aromatic heterocycles.